The highest BCUT2D eigenvalue weighted by atomic mass is 32.2. The molecule has 0 rings (SSSR count). The van der Waals surface area contributed by atoms with Gasteiger partial charge in [-0.25, -0.2) is 0 Å². The molecule has 4 heteroatoms. The Morgan fingerprint density at radius 3 is 2.54 bits per heavy atom. The second kappa shape index (κ2) is 7.05. The molecule has 0 aromatic rings. The lowest BCUT2D eigenvalue weighted by Crippen LogP contribution is -2.35. The Bertz CT molecular complexity index is 200. The first-order chi connectivity index (χ1) is 6.06. The van der Waals surface area contributed by atoms with Crippen molar-refractivity contribution in [2.75, 3.05) is 12.0 Å². The summed E-state index contributed by atoms with van der Waals surface area (Å²) >= 11 is 0. The first kappa shape index (κ1) is 12.6. The molecule has 0 fully saturated rings. The number of nitriles is 1. The summed E-state index contributed by atoms with van der Waals surface area (Å²) < 4.78 is 10.8. The number of nitrogens with zero attached hydrogens (tertiary/aromatic N) is 1. The fraction of sp³-hybridized carbons (Fsp3) is 0.889. The van der Waals surface area contributed by atoms with Crippen LogP contribution in [0.2, 0.25) is 0 Å². The zero-order chi connectivity index (χ0) is 10.3. The smallest absolute Gasteiger partial charge is 0.0638 e. The molecule has 0 spiro atoms. The zero-order valence-corrected chi connectivity index (χ0v) is 9.36. The van der Waals surface area contributed by atoms with Gasteiger partial charge in [-0.2, -0.15) is 5.26 Å². The maximum atomic E-state index is 10.8. The van der Waals surface area contributed by atoms with Crippen LogP contribution in [-0.2, 0) is 10.8 Å². The fourth-order valence-corrected chi connectivity index (χ4v) is 1.79. The Labute approximate surface area is 83.0 Å². The maximum absolute atomic E-state index is 10.8. The molecule has 0 aliphatic carbocycles. The van der Waals surface area contributed by atoms with Gasteiger partial charge < -0.3 is 5.32 Å². The van der Waals surface area contributed by atoms with Gasteiger partial charge in [0, 0.05) is 34.9 Å². The van der Waals surface area contributed by atoms with Gasteiger partial charge >= 0.3 is 0 Å². The van der Waals surface area contributed by atoms with E-state index in [-0.39, 0.29) is 6.04 Å². The van der Waals surface area contributed by atoms with Crippen LogP contribution >= 0.6 is 0 Å². The SMILES string of the molecule is CC(CC#N)NC(C)CCS(C)=O. The molecule has 0 aromatic carbocycles. The van der Waals surface area contributed by atoms with Gasteiger partial charge in [0.05, 0.1) is 12.5 Å². The molecule has 0 bridgehead atoms. The molecule has 13 heavy (non-hydrogen) atoms. The van der Waals surface area contributed by atoms with Crippen molar-refractivity contribution in [1.29, 1.82) is 5.26 Å². The zero-order valence-electron chi connectivity index (χ0n) is 8.54. The average Bonchev–Trinajstić information content (AvgIpc) is 2.01. The van der Waals surface area contributed by atoms with Crippen LogP contribution in [0.25, 0.3) is 0 Å². The van der Waals surface area contributed by atoms with Crippen molar-refractivity contribution in [2.45, 2.75) is 38.8 Å². The van der Waals surface area contributed by atoms with Gasteiger partial charge in [0.1, 0.15) is 0 Å². The van der Waals surface area contributed by atoms with Crippen molar-refractivity contribution >= 4 is 10.8 Å². The predicted molar refractivity (Wildman–Crippen MR) is 55.8 cm³/mol. The predicted octanol–water partition coefficient (Wildman–Crippen LogP) is 1.04. The molecule has 3 nitrogen and oxygen atoms in total. The molecule has 0 saturated heterocycles. The van der Waals surface area contributed by atoms with Crippen molar-refractivity contribution in [1.82, 2.24) is 5.32 Å². The molecule has 0 aromatic heterocycles. The van der Waals surface area contributed by atoms with E-state index in [0.29, 0.717) is 12.5 Å². The molecule has 0 radical (unpaired) electrons. The minimum absolute atomic E-state index is 0.227. The van der Waals surface area contributed by atoms with Crippen LogP contribution in [0.4, 0.5) is 0 Å². The highest BCUT2D eigenvalue weighted by molar-refractivity contribution is 7.84. The molecule has 76 valence electrons. The Morgan fingerprint density at radius 2 is 2.08 bits per heavy atom. The number of hydrogen-bond donors (Lipinski definition) is 1. The molecular formula is C9H18N2OS. The van der Waals surface area contributed by atoms with Gasteiger partial charge in [0.25, 0.3) is 0 Å². The summed E-state index contributed by atoms with van der Waals surface area (Å²) in [6, 6.07) is 2.68. The summed E-state index contributed by atoms with van der Waals surface area (Å²) in [5.41, 5.74) is 0. The van der Waals surface area contributed by atoms with Gasteiger partial charge in [-0.3, -0.25) is 4.21 Å². The van der Waals surface area contributed by atoms with E-state index in [0.717, 1.165) is 12.2 Å². The summed E-state index contributed by atoms with van der Waals surface area (Å²) in [5, 5.41) is 11.7. The van der Waals surface area contributed by atoms with E-state index >= 15 is 0 Å². The summed E-state index contributed by atoms with van der Waals surface area (Å²) in [6.07, 6.45) is 3.14. The van der Waals surface area contributed by atoms with Crippen molar-refractivity contribution in [3.63, 3.8) is 0 Å². The fourth-order valence-electron chi connectivity index (χ4n) is 1.11. The molecule has 0 aliphatic rings. The van der Waals surface area contributed by atoms with E-state index < -0.39 is 10.8 Å². The summed E-state index contributed by atoms with van der Waals surface area (Å²) in [7, 11) is -0.710. The average molecular weight is 202 g/mol. The van der Waals surface area contributed by atoms with E-state index in [1.165, 1.54) is 0 Å². The van der Waals surface area contributed by atoms with Gasteiger partial charge in [-0.05, 0) is 20.3 Å². The molecule has 1 N–H and O–H groups in total. The standard InChI is InChI=1S/C9H18N2OS/c1-8(4-6-10)11-9(2)5-7-13(3)12/h8-9,11H,4-5,7H2,1-3H3. The third-order valence-corrected chi connectivity index (χ3v) is 2.62. The van der Waals surface area contributed by atoms with Crippen LogP contribution in [0.1, 0.15) is 26.7 Å². The molecule has 0 saturated carbocycles. The third-order valence-electron chi connectivity index (χ3n) is 1.80. The van der Waals surface area contributed by atoms with Crippen LogP contribution in [-0.4, -0.2) is 28.3 Å². The third kappa shape index (κ3) is 7.94. The number of rotatable bonds is 6. The van der Waals surface area contributed by atoms with Crippen LogP contribution < -0.4 is 5.32 Å². The highest BCUT2D eigenvalue weighted by Gasteiger charge is 2.06. The van der Waals surface area contributed by atoms with Crippen LogP contribution in [0.5, 0.6) is 0 Å². The van der Waals surface area contributed by atoms with Crippen LogP contribution in [0, 0.1) is 11.3 Å². The minimum atomic E-state index is -0.710. The Balaban J connectivity index is 3.56. The Morgan fingerprint density at radius 1 is 1.46 bits per heavy atom. The van der Waals surface area contributed by atoms with Crippen molar-refractivity contribution < 1.29 is 4.21 Å². The molecular weight excluding hydrogens is 184 g/mol. The van der Waals surface area contributed by atoms with Gasteiger partial charge in [0.15, 0.2) is 0 Å². The topological polar surface area (TPSA) is 52.9 Å². The van der Waals surface area contributed by atoms with Crippen molar-refractivity contribution in [3.05, 3.63) is 0 Å². The second-order valence-electron chi connectivity index (χ2n) is 3.40. The number of nitrogens with one attached hydrogen (secondary N) is 1. The van der Waals surface area contributed by atoms with Crippen LogP contribution in [0.3, 0.4) is 0 Å². The largest absolute Gasteiger partial charge is 0.311 e. The molecule has 3 atom stereocenters. The van der Waals surface area contributed by atoms with Gasteiger partial charge in [-0.1, -0.05) is 0 Å². The summed E-state index contributed by atoms with van der Waals surface area (Å²) in [4.78, 5) is 0. The van der Waals surface area contributed by atoms with Gasteiger partial charge in [-0.15, -0.1) is 0 Å². The van der Waals surface area contributed by atoms with Crippen molar-refractivity contribution in [3.8, 4) is 6.07 Å². The first-order valence-electron chi connectivity index (χ1n) is 4.49. The summed E-state index contributed by atoms with van der Waals surface area (Å²) in [5.74, 6) is 0.730. The second-order valence-corrected chi connectivity index (χ2v) is 4.95. The highest BCUT2D eigenvalue weighted by Crippen LogP contribution is 1.97. The van der Waals surface area contributed by atoms with E-state index in [9.17, 15) is 4.21 Å². The minimum Gasteiger partial charge on any atom is -0.311 e. The maximum Gasteiger partial charge on any atom is 0.0638 e. The number of hydrogen-bond acceptors (Lipinski definition) is 3. The molecule has 0 aliphatic heterocycles. The lowest BCUT2D eigenvalue weighted by molar-refractivity contribution is 0.463. The van der Waals surface area contributed by atoms with Gasteiger partial charge in [0.2, 0.25) is 0 Å². The van der Waals surface area contributed by atoms with Crippen LogP contribution in [0.15, 0.2) is 0 Å². The molecule has 0 amide bonds. The van der Waals surface area contributed by atoms with E-state index in [2.05, 4.69) is 18.3 Å². The Hall–Kier alpha value is -0.400. The van der Waals surface area contributed by atoms with E-state index in [4.69, 9.17) is 5.26 Å². The van der Waals surface area contributed by atoms with E-state index in [1.807, 2.05) is 6.92 Å². The summed E-state index contributed by atoms with van der Waals surface area (Å²) in [6.45, 7) is 4.05. The normalized spacial score (nSPS) is 17.4. The van der Waals surface area contributed by atoms with E-state index in [1.54, 1.807) is 6.26 Å². The monoisotopic (exact) mass is 202 g/mol. The lowest BCUT2D eigenvalue weighted by atomic mass is 10.2. The first-order valence-corrected chi connectivity index (χ1v) is 6.22. The lowest BCUT2D eigenvalue weighted by Gasteiger charge is -2.17. The van der Waals surface area contributed by atoms with Crippen molar-refractivity contribution in [2.24, 2.45) is 0 Å². The quantitative estimate of drug-likeness (QED) is 0.700. The molecule has 0 heterocycles. The Kier molecular flexibility index (Phi) is 6.83. The molecule has 3 unspecified atom stereocenters.